The summed E-state index contributed by atoms with van der Waals surface area (Å²) in [6.45, 7) is 5.73. The number of hydrogen-bond acceptors (Lipinski definition) is 4. The Morgan fingerprint density at radius 3 is 2.52 bits per heavy atom. The first-order chi connectivity index (χ1) is 10.6. The van der Waals surface area contributed by atoms with Crippen molar-refractivity contribution in [3.63, 3.8) is 0 Å². The first-order valence-electron chi connectivity index (χ1n) is 6.95. The van der Waals surface area contributed by atoms with Crippen molar-refractivity contribution in [3.05, 3.63) is 39.6 Å². The molecular formula is C15H18Cl3N3O2. The first kappa shape index (κ1) is 19.8. The van der Waals surface area contributed by atoms with E-state index in [1.165, 1.54) is 0 Å². The molecule has 1 aromatic heterocycles. The number of nitrogens with one attached hydrogen (secondary N) is 2. The van der Waals surface area contributed by atoms with Gasteiger partial charge in [-0.25, -0.2) is 0 Å². The van der Waals surface area contributed by atoms with Gasteiger partial charge in [-0.05, 0) is 25.6 Å². The number of benzene rings is 1. The van der Waals surface area contributed by atoms with Crippen LogP contribution in [-0.2, 0) is 0 Å². The van der Waals surface area contributed by atoms with Crippen LogP contribution < -0.4 is 10.6 Å². The van der Waals surface area contributed by atoms with Crippen LogP contribution in [0.25, 0.3) is 11.3 Å². The molecule has 5 nitrogen and oxygen atoms in total. The lowest BCUT2D eigenvalue weighted by molar-refractivity contribution is 0.0953. The van der Waals surface area contributed by atoms with Crippen molar-refractivity contribution in [3.8, 4) is 11.3 Å². The maximum Gasteiger partial charge on any atom is 0.257 e. The SMILES string of the molecule is CCNCCNC(=O)c1c(-c2c(Cl)cccc2Cl)noc1C.Cl. The molecule has 0 atom stereocenters. The summed E-state index contributed by atoms with van der Waals surface area (Å²) in [7, 11) is 0. The Morgan fingerprint density at radius 2 is 1.91 bits per heavy atom. The average Bonchev–Trinajstić information content (AvgIpc) is 2.85. The number of nitrogens with zero attached hydrogens (tertiary/aromatic N) is 1. The number of rotatable bonds is 6. The third-order valence-electron chi connectivity index (χ3n) is 3.13. The lowest BCUT2D eigenvalue weighted by Gasteiger charge is -2.08. The second-order valence-corrected chi connectivity index (χ2v) is 5.48. The monoisotopic (exact) mass is 377 g/mol. The van der Waals surface area contributed by atoms with Gasteiger partial charge in [-0.15, -0.1) is 12.4 Å². The van der Waals surface area contributed by atoms with E-state index in [4.69, 9.17) is 27.7 Å². The van der Waals surface area contributed by atoms with E-state index in [0.29, 0.717) is 45.7 Å². The maximum atomic E-state index is 12.4. The number of carbonyl (C=O) groups is 1. The second-order valence-electron chi connectivity index (χ2n) is 4.67. The molecule has 0 spiro atoms. The molecule has 0 unspecified atom stereocenters. The molecule has 0 aliphatic heterocycles. The molecule has 0 fully saturated rings. The van der Waals surface area contributed by atoms with Gasteiger partial charge >= 0.3 is 0 Å². The molecule has 2 rings (SSSR count). The zero-order chi connectivity index (χ0) is 16.1. The zero-order valence-electron chi connectivity index (χ0n) is 12.8. The molecule has 0 saturated heterocycles. The van der Waals surface area contributed by atoms with Crippen LogP contribution in [-0.4, -0.2) is 30.7 Å². The van der Waals surface area contributed by atoms with Gasteiger partial charge in [0.1, 0.15) is 17.0 Å². The summed E-state index contributed by atoms with van der Waals surface area (Å²) in [4.78, 5) is 12.4. The van der Waals surface area contributed by atoms with Gasteiger partial charge in [0.25, 0.3) is 5.91 Å². The van der Waals surface area contributed by atoms with Crippen molar-refractivity contribution in [1.82, 2.24) is 15.8 Å². The van der Waals surface area contributed by atoms with Crippen molar-refractivity contribution in [1.29, 1.82) is 0 Å². The van der Waals surface area contributed by atoms with E-state index in [2.05, 4.69) is 15.8 Å². The van der Waals surface area contributed by atoms with Crippen molar-refractivity contribution in [2.45, 2.75) is 13.8 Å². The van der Waals surface area contributed by atoms with Gasteiger partial charge < -0.3 is 15.2 Å². The molecule has 1 heterocycles. The van der Waals surface area contributed by atoms with Gasteiger partial charge in [0, 0.05) is 18.7 Å². The molecule has 0 saturated carbocycles. The fourth-order valence-corrected chi connectivity index (χ4v) is 2.64. The Labute approximate surface area is 151 Å². The minimum atomic E-state index is -0.261. The molecule has 0 bridgehead atoms. The summed E-state index contributed by atoms with van der Waals surface area (Å²) in [5, 5.41) is 10.7. The highest BCUT2D eigenvalue weighted by Gasteiger charge is 2.24. The van der Waals surface area contributed by atoms with E-state index in [1.807, 2.05) is 6.92 Å². The Kier molecular flexibility index (Phi) is 7.85. The van der Waals surface area contributed by atoms with Crippen LogP contribution in [0.15, 0.2) is 22.7 Å². The van der Waals surface area contributed by atoms with Crippen LogP contribution in [0.1, 0.15) is 23.0 Å². The van der Waals surface area contributed by atoms with Crippen LogP contribution in [0.4, 0.5) is 0 Å². The van der Waals surface area contributed by atoms with Crippen LogP contribution >= 0.6 is 35.6 Å². The van der Waals surface area contributed by atoms with E-state index in [1.54, 1.807) is 25.1 Å². The Morgan fingerprint density at radius 1 is 1.26 bits per heavy atom. The molecule has 1 amide bonds. The summed E-state index contributed by atoms with van der Waals surface area (Å²) < 4.78 is 5.16. The highest BCUT2D eigenvalue weighted by molar-refractivity contribution is 6.39. The van der Waals surface area contributed by atoms with E-state index < -0.39 is 0 Å². The van der Waals surface area contributed by atoms with Crippen LogP contribution in [0.2, 0.25) is 10.0 Å². The lowest BCUT2D eigenvalue weighted by Crippen LogP contribution is -2.32. The third kappa shape index (κ3) is 4.61. The van der Waals surface area contributed by atoms with Crippen molar-refractivity contribution in [2.24, 2.45) is 0 Å². The predicted molar refractivity (Wildman–Crippen MR) is 94.8 cm³/mol. The molecule has 2 aromatic rings. The standard InChI is InChI=1S/C15H17Cl2N3O2.ClH/c1-3-18-7-8-19-15(21)12-9(2)22-20-14(12)13-10(16)5-4-6-11(13)17;/h4-6,18H,3,7-8H2,1-2H3,(H,19,21);1H. The molecule has 0 radical (unpaired) electrons. The Bertz CT molecular complexity index is 654. The number of aromatic nitrogens is 1. The fraction of sp³-hybridized carbons (Fsp3) is 0.333. The summed E-state index contributed by atoms with van der Waals surface area (Å²) in [5.41, 5.74) is 1.21. The Hall–Kier alpha value is -1.27. The number of halogens is 3. The topological polar surface area (TPSA) is 67.2 Å². The normalized spacial score (nSPS) is 10.3. The summed E-state index contributed by atoms with van der Waals surface area (Å²) in [6.07, 6.45) is 0. The largest absolute Gasteiger partial charge is 0.360 e. The van der Waals surface area contributed by atoms with E-state index in [-0.39, 0.29) is 18.3 Å². The number of amides is 1. The minimum absolute atomic E-state index is 0. The lowest BCUT2D eigenvalue weighted by atomic mass is 10.1. The number of hydrogen-bond donors (Lipinski definition) is 2. The molecule has 126 valence electrons. The van der Waals surface area contributed by atoms with E-state index in [0.717, 1.165) is 6.54 Å². The van der Waals surface area contributed by atoms with Crippen LogP contribution in [0.5, 0.6) is 0 Å². The summed E-state index contributed by atoms with van der Waals surface area (Å²) in [5.74, 6) is 0.162. The highest BCUT2D eigenvalue weighted by atomic mass is 35.5. The van der Waals surface area contributed by atoms with Crippen LogP contribution in [0.3, 0.4) is 0 Å². The van der Waals surface area contributed by atoms with Crippen LogP contribution in [0, 0.1) is 6.92 Å². The predicted octanol–water partition coefficient (Wildman–Crippen LogP) is 3.72. The van der Waals surface area contributed by atoms with E-state index in [9.17, 15) is 4.79 Å². The second kappa shape index (κ2) is 9.13. The van der Waals surface area contributed by atoms with Gasteiger partial charge in [0.05, 0.1) is 10.0 Å². The first-order valence-corrected chi connectivity index (χ1v) is 7.71. The van der Waals surface area contributed by atoms with Gasteiger partial charge in [0.2, 0.25) is 0 Å². The molecule has 8 heteroatoms. The van der Waals surface area contributed by atoms with Crippen molar-refractivity contribution in [2.75, 3.05) is 19.6 Å². The van der Waals surface area contributed by atoms with Gasteiger partial charge in [-0.2, -0.15) is 0 Å². The van der Waals surface area contributed by atoms with Crippen molar-refractivity contribution >= 4 is 41.5 Å². The summed E-state index contributed by atoms with van der Waals surface area (Å²) in [6, 6.07) is 5.12. The smallest absolute Gasteiger partial charge is 0.257 e. The van der Waals surface area contributed by atoms with Gasteiger partial charge in [-0.1, -0.05) is 41.3 Å². The molecule has 23 heavy (non-hydrogen) atoms. The zero-order valence-corrected chi connectivity index (χ0v) is 15.1. The molecule has 1 aromatic carbocycles. The molecular weight excluding hydrogens is 361 g/mol. The fourth-order valence-electron chi connectivity index (χ4n) is 2.06. The average molecular weight is 379 g/mol. The van der Waals surface area contributed by atoms with Gasteiger partial charge in [-0.3, -0.25) is 4.79 Å². The number of carbonyl (C=O) groups excluding carboxylic acids is 1. The molecule has 0 aliphatic carbocycles. The van der Waals surface area contributed by atoms with E-state index >= 15 is 0 Å². The molecule has 2 N–H and O–H groups in total. The maximum absolute atomic E-state index is 12.4. The van der Waals surface area contributed by atoms with Gasteiger partial charge in [0.15, 0.2) is 0 Å². The number of likely N-dealkylation sites (N-methyl/N-ethyl adjacent to an activating group) is 1. The highest BCUT2D eigenvalue weighted by Crippen LogP contribution is 2.36. The third-order valence-corrected chi connectivity index (χ3v) is 3.76. The Balaban J connectivity index is 0.00000264. The summed E-state index contributed by atoms with van der Waals surface area (Å²) >= 11 is 12.4. The quantitative estimate of drug-likeness (QED) is 0.752. The molecule has 0 aliphatic rings. The minimum Gasteiger partial charge on any atom is -0.360 e. The van der Waals surface area contributed by atoms with Crippen molar-refractivity contribution < 1.29 is 9.32 Å². The number of aryl methyl sites for hydroxylation is 1.